The molecule has 8 aromatic rings. The lowest BCUT2D eigenvalue weighted by atomic mass is 9.82. The van der Waals surface area contributed by atoms with Crippen molar-refractivity contribution < 1.29 is 4.42 Å². The topological polar surface area (TPSA) is 51.8 Å². The second kappa shape index (κ2) is 10.1. The van der Waals surface area contributed by atoms with E-state index in [1.165, 1.54) is 27.8 Å². The summed E-state index contributed by atoms with van der Waals surface area (Å²) in [6, 6.07) is 48.3. The largest absolute Gasteiger partial charge is 0.456 e. The maximum atomic E-state index is 6.74. The molecule has 1 aliphatic rings. The summed E-state index contributed by atoms with van der Waals surface area (Å²) in [5, 5.41) is 2.21. The van der Waals surface area contributed by atoms with Gasteiger partial charge in [0.15, 0.2) is 17.5 Å². The van der Waals surface area contributed by atoms with Gasteiger partial charge < -0.3 is 4.42 Å². The molecule has 0 spiro atoms. The summed E-state index contributed by atoms with van der Waals surface area (Å²) in [6.45, 7) is 4.58. The number of nitrogens with zero attached hydrogens (tertiary/aromatic N) is 3. The first kappa shape index (κ1) is 26.5. The van der Waals surface area contributed by atoms with Gasteiger partial charge in [0.1, 0.15) is 11.2 Å². The van der Waals surface area contributed by atoms with Crippen molar-refractivity contribution in [1.82, 2.24) is 15.0 Å². The fourth-order valence-electron chi connectivity index (χ4n) is 7.01. The highest BCUT2D eigenvalue weighted by Gasteiger charge is 2.38. The Kier molecular flexibility index (Phi) is 5.81. The Morgan fingerprint density at radius 3 is 1.70 bits per heavy atom. The van der Waals surface area contributed by atoms with E-state index in [9.17, 15) is 0 Å². The molecular formula is C42H29N3O. The molecule has 1 aliphatic carbocycles. The molecule has 218 valence electrons. The van der Waals surface area contributed by atoms with E-state index in [-0.39, 0.29) is 5.41 Å². The summed E-state index contributed by atoms with van der Waals surface area (Å²) in [5.74, 6) is 1.87. The van der Waals surface area contributed by atoms with E-state index in [2.05, 4.69) is 117 Å². The van der Waals surface area contributed by atoms with Crippen molar-refractivity contribution >= 4 is 21.9 Å². The molecule has 0 amide bonds. The number of aromatic nitrogens is 3. The van der Waals surface area contributed by atoms with Gasteiger partial charge in [-0.15, -0.1) is 0 Å². The third-order valence-corrected chi connectivity index (χ3v) is 9.33. The molecular weight excluding hydrogens is 562 g/mol. The van der Waals surface area contributed by atoms with Crippen molar-refractivity contribution in [3.8, 4) is 56.4 Å². The number of fused-ring (bicyclic) bond motifs is 7. The summed E-state index contributed by atoms with van der Waals surface area (Å²) in [6.07, 6.45) is 0. The molecule has 0 N–H and O–H groups in total. The van der Waals surface area contributed by atoms with Crippen LogP contribution >= 0.6 is 0 Å². The highest BCUT2D eigenvalue weighted by Crippen LogP contribution is 2.52. The van der Waals surface area contributed by atoms with E-state index in [0.29, 0.717) is 17.5 Å². The fourth-order valence-corrected chi connectivity index (χ4v) is 7.01. The van der Waals surface area contributed by atoms with Gasteiger partial charge in [0.2, 0.25) is 0 Å². The second-order valence-corrected chi connectivity index (χ2v) is 12.5. The van der Waals surface area contributed by atoms with Crippen LogP contribution in [0.25, 0.3) is 78.4 Å². The van der Waals surface area contributed by atoms with Crippen LogP contribution in [0.2, 0.25) is 0 Å². The maximum Gasteiger partial charge on any atom is 0.164 e. The van der Waals surface area contributed by atoms with Crippen molar-refractivity contribution in [3.63, 3.8) is 0 Å². The molecule has 46 heavy (non-hydrogen) atoms. The van der Waals surface area contributed by atoms with Crippen LogP contribution in [0.1, 0.15) is 25.0 Å². The molecule has 0 unspecified atom stereocenters. The van der Waals surface area contributed by atoms with Crippen molar-refractivity contribution in [3.05, 3.63) is 151 Å². The standard InChI is InChI=1S/C42H29N3O/c1-42(2)35-16-10-9-15-31(35)33-23-24-34-32-22-21-30(25-36(32)46-38(34)37(33)42)41-44-39(28-13-7-4-8-14-28)43-40(45-41)29-19-17-27(18-20-29)26-11-5-3-6-12-26/h3-25H,1-2H3. The Labute approximate surface area is 267 Å². The maximum absolute atomic E-state index is 6.74. The molecule has 9 rings (SSSR count). The first-order chi connectivity index (χ1) is 22.5. The molecule has 4 heteroatoms. The van der Waals surface area contributed by atoms with E-state index in [1.54, 1.807) is 0 Å². The van der Waals surface area contributed by atoms with Crippen LogP contribution in [0.4, 0.5) is 0 Å². The van der Waals surface area contributed by atoms with E-state index in [0.717, 1.165) is 44.2 Å². The van der Waals surface area contributed by atoms with E-state index >= 15 is 0 Å². The minimum Gasteiger partial charge on any atom is -0.456 e. The molecule has 4 nitrogen and oxygen atoms in total. The summed E-state index contributed by atoms with van der Waals surface area (Å²) >= 11 is 0. The monoisotopic (exact) mass is 591 g/mol. The zero-order valence-electron chi connectivity index (χ0n) is 25.5. The van der Waals surface area contributed by atoms with Crippen molar-refractivity contribution in [2.75, 3.05) is 0 Å². The lowest BCUT2D eigenvalue weighted by Gasteiger charge is -2.21. The number of hydrogen-bond acceptors (Lipinski definition) is 4. The van der Waals surface area contributed by atoms with Crippen LogP contribution in [0.3, 0.4) is 0 Å². The third kappa shape index (κ3) is 4.11. The molecule has 0 saturated carbocycles. The van der Waals surface area contributed by atoms with Crippen LogP contribution in [-0.2, 0) is 5.41 Å². The third-order valence-electron chi connectivity index (χ3n) is 9.33. The summed E-state index contributed by atoms with van der Waals surface area (Å²) in [4.78, 5) is 14.9. The van der Waals surface area contributed by atoms with Crippen molar-refractivity contribution in [2.45, 2.75) is 19.3 Å². The summed E-state index contributed by atoms with van der Waals surface area (Å²) < 4.78 is 6.74. The molecule has 0 bridgehead atoms. The van der Waals surface area contributed by atoms with Crippen molar-refractivity contribution in [1.29, 1.82) is 0 Å². The smallest absolute Gasteiger partial charge is 0.164 e. The minimum atomic E-state index is -0.161. The summed E-state index contributed by atoms with van der Waals surface area (Å²) in [7, 11) is 0. The number of rotatable bonds is 4. The van der Waals surface area contributed by atoms with Gasteiger partial charge in [-0.25, -0.2) is 15.0 Å². The molecule has 0 fully saturated rings. The Balaban J connectivity index is 1.18. The lowest BCUT2D eigenvalue weighted by Crippen LogP contribution is -2.15. The van der Waals surface area contributed by atoms with Gasteiger partial charge >= 0.3 is 0 Å². The van der Waals surface area contributed by atoms with Gasteiger partial charge in [-0.2, -0.15) is 0 Å². The second-order valence-electron chi connectivity index (χ2n) is 12.5. The first-order valence-corrected chi connectivity index (χ1v) is 15.6. The highest BCUT2D eigenvalue weighted by atomic mass is 16.3. The molecule has 0 saturated heterocycles. The zero-order chi connectivity index (χ0) is 30.8. The van der Waals surface area contributed by atoms with E-state index in [4.69, 9.17) is 19.4 Å². The van der Waals surface area contributed by atoms with Gasteiger partial charge in [0, 0.05) is 38.4 Å². The number of benzene rings is 6. The minimum absolute atomic E-state index is 0.161. The van der Waals surface area contributed by atoms with Crippen LogP contribution in [-0.4, -0.2) is 15.0 Å². The van der Waals surface area contributed by atoms with Crippen LogP contribution in [0.15, 0.2) is 144 Å². The fraction of sp³-hybridized carbons (Fsp3) is 0.0714. The average Bonchev–Trinajstić information content (AvgIpc) is 3.60. The zero-order valence-corrected chi connectivity index (χ0v) is 25.5. The van der Waals surface area contributed by atoms with Crippen LogP contribution in [0.5, 0.6) is 0 Å². The van der Waals surface area contributed by atoms with Crippen LogP contribution in [0, 0.1) is 0 Å². The molecule has 0 aliphatic heterocycles. The van der Waals surface area contributed by atoms with Gasteiger partial charge in [-0.1, -0.05) is 135 Å². The quantitative estimate of drug-likeness (QED) is 0.204. The van der Waals surface area contributed by atoms with Crippen molar-refractivity contribution in [2.24, 2.45) is 0 Å². The van der Waals surface area contributed by atoms with E-state index < -0.39 is 0 Å². The Hall–Kier alpha value is -5.87. The van der Waals surface area contributed by atoms with Gasteiger partial charge in [-0.05, 0) is 46.0 Å². The van der Waals surface area contributed by atoms with Gasteiger partial charge in [0.25, 0.3) is 0 Å². The molecule has 2 aromatic heterocycles. The first-order valence-electron chi connectivity index (χ1n) is 15.6. The molecule has 2 heterocycles. The lowest BCUT2D eigenvalue weighted by molar-refractivity contribution is 0.620. The normalized spacial score (nSPS) is 13.2. The predicted molar refractivity (Wildman–Crippen MR) is 186 cm³/mol. The molecule has 0 atom stereocenters. The SMILES string of the molecule is CC1(C)c2ccccc2-c2ccc3c(oc4cc(-c5nc(-c6ccccc6)nc(-c6ccc(-c7ccccc7)cc6)n5)ccc43)c21. The van der Waals surface area contributed by atoms with Crippen LogP contribution < -0.4 is 0 Å². The van der Waals surface area contributed by atoms with E-state index in [1.807, 2.05) is 36.4 Å². The number of furan rings is 1. The predicted octanol–water partition coefficient (Wildman–Crippen LogP) is 10.7. The van der Waals surface area contributed by atoms with Gasteiger partial charge in [-0.3, -0.25) is 0 Å². The number of hydrogen-bond donors (Lipinski definition) is 0. The molecule has 6 aromatic carbocycles. The Morgan fingerprint density at radius 2 is 0.978 bits per heavy atom. The highest BCUT2D eigenvalue weighted by molar-refractivity contribution is 6.09. The molecule has 0 radical (unpaired) electrons. The average molecular weight is 592 g/mol. The summed E-state index contributed by atoms with van der Waals surface area (Å²) in [5.41, 5.74) is 11.8. The Morgan fingerprint density at radius 1 is 0.457 bits per heavy atom. The Bertz CT molecular complexity index is 2430. The van der Waals surface area contributed by atoms with Gasteiger partial charge in [0.05, 0.1) is 0 Å².